The summed E-state index contributed by atoms with van der Waals surface area (Å²) in [6, 6.07) is 3.85. The highest BCUT2D eigenvalue weighted by molar-refractivity contribution is 5.90. The Morgan fingerprint density at radius 2 is 2.29 bits per heavy atom. The molecule has 0 radical (unpaired) electrons. The van der Waals surface area contributed by atoms with Crippen molar-refractivity contribution in [2.45, 2.75) is 27.2 Å². The molecule has 3 heteroatoms. The summed E-state index contributed by atoms with van der Waals surface area (Å²) in [7, 11) is 0. The summed E-state index contributed by atoms with van der Waals surface area (Å²) in [4.78, 5) is 17.2. The summed E-state index contributed by atoms with van der Waals surface area (Å²) in [5.41, 5.74) is 1.12. The molecular formula is C11H16N2O. The van der Waals surface area contributed by atoms with Gasteiger partial charge in [0, 0.05) is 19.7 Å². The average molecular weight is 192 g/mol. The van der Waals surface area contributed by atoms with Gasteiger partial charge in [-0.1, -0.05) is 6.92 Å². The van der Waals surface area contributed by atoms with Crippen LogP contribution in [0.5, 0.6) is 0 Å². The van der Waals surface area contributed by atoms with Crippen LogP contribution in [0.4, 0.5) is 5.82 Å². The first-order valence-electron chi connectivity index (χ1n) is 4.86. The molecule has 0 unspecified atom stereocenters. The lowest BCUT2D eigenvalue weighted by molar-refractivity contribution is -0.116. The lowest BCUT2D eigenvalue weighted by Crippen LogP contribution is -2.29. The van der Waals surface area contributed by atoms with Gasteiger partial charge in [0.05, 0.1) is 0 Å². The molecule has 0 N–H and O–H groups in total. The van der Waals surface area contributed by atoms with Crippen LogP contribution < -0.4 is 4.90 Å². The fourth-order valence-electron chi connectivity index (χ4n) is 1.32. The molecule has 0 saturated carbocycles. The lowest BCUT2D eigenvalue weighted by Gasteiger charge is -2.19. The number of pyridine rings is 1. The van der Waals surface area contributed by atoms with Crippen molar-refractivity contribution in [2.24, 2.45) is 0 Å². The highest BCUT2D eigenvalue weighted by Gasteiger charge is 2.10. The van der Waals surface area contributed by atoms with Crippen LogP contribution in [0, 0.1) is 6.92 Å². The molecule has 0 aromatic carbocycles. The standard InChI is InChI=1S/C11H16N2O/c1-4-7-13(10(3)14)11-8-9(2)5-6-12-11/h5-6,8H,4,7H2,1-3H3. The van der Waals surface area contributed by atoms with Crippen molar-refractivity contribution in [1.82, 2.24) is 4.98 Å². The fraction of sp³-hybridized carbons (Fsp3) is 0.455. The van der Waals surface area contributed by atoms with Gasteiger partial charge in [0.1, 0.15) is 5.82 Å². The van der Waals surface area contributed by atoms with Gasteiger partial charge >= 0.3 is 0 Å². The minimum Gasteiger partial charge on any atom is -0.297 e. The summed E-state index contributed by atoms with van der Waals surface area (Å²) >= 11 is 0. The minimum atomic E-state index is 0.0463. The molecule has 1 aromatic rings. The number of hydrogen-bond acceptors (Lipinski definition) is 2. The number of nitrogens with zero attached hydrogens (tertiary/aromatic N) is 2. The van der Waals surface area contributed by atoms with Crippen LogP contribution in [-0.4, -0.2) is 17.4 Å². The summed E-state index contributed by atoms with van der Waals surface area (Å²) in [6.07, 6.45) is 2.67. The van der Waals surface area contributed by atoms with E-state index < -0.39 is 0 Å². The molecule has 0 aliphatic heterocycles. The first-order chi connectivity index (χ1) is 6.65. The Balaban J connectivity index is 2.93. The van der Waals surface area contributed by atoms with Crippen molar-refractivity contribution < 1.29 is 4.79 Å². The van der Waals surface area contributed by atoms with Crippen molar-refractivity contribution >= 4 is 11.7 Å². The van der Waals surface area contributed by atoms with Crippen molar-refractivity contribution in [2.75, 3.05) is 11.4 Å². The molecule has 0 fully saturated rings. The number of hydrogen-bond donors (Lipinski definition) is 0. The Morgan fingerprint density at radius 1 is 1.57 bits per heavy atom. The fourth-order valence-corrected chi connectivity index (χ4v) is 1.32. The highest BCUT2D eigenvalue weighted by Crippen LogP contribution is 2.12. The van der Waals surface area contributed by atoms with Gasteiger partial charge in [0.15, 0.2) is 0 Å². The van der Waals surface area contributed by atoms with Crippen molar-refractivity contribution in [1.29, 1.82) is 0 Å². The Morgan fingerprint density at radius 3 is 2.79 bits per heavy atom. The number of carbonyl (C=O) groups is 1. The van der Waals surface area contributed by atoms with E-state index in [1.165, 1.54) is 0 Å². The van der Waals surface area contributed by atoms with E-state index in [1.807, 2.05) is 26.0 Å². The molecule has 1 aromatic heterocycles. The molecule has 14 heavy (non-hydrogen) atoms. The maximum Gasteiger partial charge on any atom is 0.225 e. The highest BCUT2D eigenvalue weighted by atomic mass is 16.2. The van der Waals surface area contributed by atoms with Crippen LogP contribution in [0.2, 0.25) is 0 Å². The van der Waals surface area contributed by atoms with Gasteiger partial charge in [-0.15, -0.1) is 0 Å². The first kappa shape index (κ1) is 10.7. The molecule has 0 aliphatic carbocycles. The van der Waals surface area contributed by atoms with Crippen LogP contribution in [0.1, 0.15) is 25.8 Å². The largest absolute Gasteiger partial charge is 0.297 e. The lowest BCUT2D eigenvalue weighted by atomic mass is 10.3. The third-order valence-corrected chi connectivity index (χ3v) is 2.00. The summed E-state index contributed by atoms with van der Waals surface area (Å²) in [6.45, 7) is 6.34. The van der Waals surface area contributed by atoms with Gasteiger partial charge < -0.3 is 0 Å². The average Bonchev–Trinajstić information content (AvgIpc) is 2.13. The van der Waals surface area contributed by atoms with Gasteiger partial charge in [0.2, 0.25) is 5.91 Å². The molecule has 0 atom stereocenters. The normalized spacial score (nSPS) is 9.93. The molecule has 76 valence electrons. The van der Waals surface area contributed by atoms with E-state index in [4.69, 9.17) is 0 Å². The van der Waals surface area contributed by atoms with E-state index in [0.717, 1.165) is 24.3 Å². The number of carbonyl (C=O) groups excluding carboxylic acids is 1. The topological polar surface area (TPSA) is 33.2 Å². The van der Waals surface area contributed by atoms with Crippen LogP contribution in [0.3, 0.4) is 0 Å². The molecule has 0 saturated heterocycles. The molecule has 1 heterocycles. The molecule has 1 amide bonds. The quantitative estimate of drug-likeness (QED) is 0.735. The van der Waals surface area contributed by atoms with Crippen molar-refractivity contribution in [3.63, 3.8) is 0 Å². The third kappa shape index (κ3) is 2.55. The number of amides is 1. The second-order valence-corrected chi connectivity index (χ2v) is 3.36. The zero-order valence-corrected chi connectivity index (χ0v) is 8.95. The number of aryl methyl sites for hydroxylation is 1. The maximum absolute atomic E-state index is 11.3. The molecular weight excluding hydrogens is 176 g/mol. The molecule has 0 aliphatic rings. The second kappa shape index (κ2) is 4.74. The summed E-state index contributed by atoms with van der Waals surface area (Å²) in [5, 5.41) is 0. The van der Waals surface area contributed by atoms with Crippen LogP contribution in [0.25, 0.3) is 0 Å². The van der Waals surface area contributed by atoms with E-state index >= 15 is 0 Å². The zero-order valence-electron chi connectivity index (χ0n) is 8.95. The monoisotopic (exact) mass is 192 g/mol. The van der Waals surface area contributed by atoms with E-state index in [0.29, 0.717) is 0 Å². The van der Waals surface area contributed by atoms with E-state index in [2.05, 4.69) is 4.98 Å². The van der Waals surface area contributed by atoms with Crippen LogP contribution >= 0.6 is 0 Å². The number of anilines is 1. The number of aromatic nitrogens is 1. The summed E-state index contributed by atoms with van der Waals surface area (Å²) < 4.78 is 0. The maximum atomic E-state index is 11.3. The van der Waals surface area contributed by atoms with Gasteiger partial charge in [-0.2, -0.15) is 0 Å². The summed E-state index contributed by atoms with van der Waals surface area (Å²) in [5.74, 6) is 0.796. The van der Waals surface area contributed by atoms with Gasteiger partial charge in [-0.25, -0.2) is 4.98 Å². The Labute approximate surface area is 84.8 Å². The van der Waals surface area contributed by atoms with Gasteiger partial charge in [-0.05, 0) is 31.0 Å². The first-order valence-corrected chi connectivity index (χ1v) is 4.86. The minimum absolute atomic E-state index is 0.0463. The smallest absolute Gasteiger partial charge is 0.225 e. The molecule has 3 nitrogen and oxygen atoms in total. The van der Waals surface area contributed by atoms with E-state index in [9.17, 15) is 4.79 Å². The predicted octanol–water partition coefficient (Wildman–Crippen LogP) is 2.15. The molecule has 0 bridgehead atoms. The SMILES string of the molecule is CCCN(C(C)=O)c1cc(C)ccn1. The van der Waals surface area contributed by atoms with Gasteiger partial charge in [0.25, 0.3) is 0 Å². The third-order valence-electron chi connectivity index (χ3n) is 2.00. The van der Waals surface area contributed by atoms with Crippen molar-refractivity contribution in [3.05, 3.63) is 23.9 Å². The molecule has 0 spiro atoms. The Bertz CT molecular complexity index is 323. The van der Waals surface area contributed by atoms with Crippen LogP contribution in [0.15, 0.2) is 18.3 Å². The Kier molecular flexibility index (Phi) is 3.63. The van der Waals surface area contributed by atoms with E-state index in [-0.39, 0.29) is 5.91 Å². The van der Waals surface area contributed by atoms with Crippen LogP contribution in [-0.2, 0) is 4.79 Å². The number of rotatable bonds is 3. The van der Waals surface area contributed by atoms with Gasteiger partial charge in [-0.3, -0.25) is 9.69 Å². The van der Waals surface area contributed by atoms with Crippen molar-refractivity contribution in [3.8, 4) is 0 Å². The zero-order chi connectivity index (χ0) is 10.6. The predicted molar refractivity (Wildman–Crippen MR) is 57.3 cm³/mol. The Hall–Kier alpha value is -1.38. The second-order valence-electron chi connectivity index (χ2n) is 3.36. The van der Waals surface area contributed by atoms with E-state index in [1.54, 1.807) is 18.0 Å². The molecule has 1 rings (SSSR count).